The van der Waals surface area contributed by atoms with Crippen molar-refractivity contribution in [2.24, 2.45) is 0 Å². The molecule has 4 rings (SSSR count). The van der Waals surface area contributed by atoms with Gasteiger partial charge in [-0.2, -0.15) is 8.42 Å². The summed E-state index contributed by atoms with van der Waals surface area (Å²) < 4.78 is 27.3. The molecule has 1 aliphatic rings. The van der Waals surface area contributed by atoms with Gasteiger partial charge in [0, 0.05) is 6.54 Å². The molecule has 1 aliphatic heterocycles. The van der Waals surface area contributed by atoms with Crippen LogP contribution in [0.1, 0.15) is 38.8 Å². The van der Waals surface area contributed by atoms with Crippen LogP contribution in [0.25, 0.3) is 0 Å². The van der Waals surface area contributed by atoms with Crippen LogP contribution in [0.5, 0.6) is 0 Å². The number of fused-ring (bicyclic) bond motifs is 1. The van der Waals surface area contributed by atoms with Crippen molar-refractivity contribution in [3.05, 3.63) is 64.7 Å². The molecule has 0 spiro atoms. The monoisotopic (exact) mass is 499 g/mol. The first-order valence-electron chi connectivity index (χ1n) is 10.3. The Morgan fingerprint density at radius 3 is 2.18 bits per heavy atom. The number of hydrogen-bond donors (Lipinski definition) is 1. The van der Waals surface area contributed by atoms with E-state index in [0.29, 0.717) is 17.0 Å². The van der Waals surface area contributed by atoms with Gasteiger partial charge in [0.15, 0.2) is 0 Å². The number of rotatable bonds is 7. The third kappa shape index (κ3) is 4.29. The number of nitrogens with one attached hydrogen (secondary N) is 1. The van der Waals surface area contributed by atoms with Crippen molar-refractivity contribution in [1.29, 1.82) is 0 Å². The summed E-state index contributed by atoms with van der Waals surface area (Å²) in [5.74, 6) is -1.83. The number of aryl methyl sites for hydroxylation is 2. The Morgan fingerprint density at radius 2 is 1.62 bits per heavy atom. The molecule has 1 N–H and O–H groups in total. The summed E-state index contributed by atoms with van der Waals surface area (Å²) >= 11 is 0.690. The lowest BCUT2D eigenvalue weighted by molar-refractivity contribution is -0.116. The van der Waals surface area contributed by atoms with Gasteiger partial charge in [-0.05, 0) is 56.2 Å². The van der Waals surface area contributed by atoms with Crippen molar-refractivity contribution < 1.29 is 22.8 Å². The van der Waals surface area contributed by atoms with Gasteiger partial charge in [-0.25, -0.2) is 0 Å². The van der Waals surface area contributed by atoms with Crippen LogP contribution in [-0.4, -0.2) is 54.3 Å². The van der Waals surface area contributed by atoms with E-state index >= 15 is 0 Å². The number of carbonyl (C=O) groups excluding carboxylic acids is 3. The van der Waals surface area contributed by atoms with Crippen LogP contribution >= 0.6 is 11.3 Å². The molecule has 0 saturated heterocycles. The predicted molar refractivity (Wildman–Crippen MR) is 126 cm³/mol. The van der Waals surface area contributed by atoms with Crippen LogP contribution in [-0.2, 0) is 14.8 Å². The largest absolute Gasteiger partial charge is 0.299 e. The fraction of sp³-hybridized carbons (Fsp3) is 0.227. The Hall–Kier alpha value is -3.64. The Kier molecular flexibility index (Phi) is 6.19. The van der Waals surface area contributed by atoms with Gasteiger partial charge in [-0.1, -0.05) is 29.5 Å². The van der Waals surface area contributed by atoms with E-state index in [1.165, 1.54) is 16.4 Å². The second-order valence-corrected chi connectivity index (χ2v) is 10.7. The first-order chi connectivity index (χ1) is 16.1. The van der Waals surface area contributed by atoms with E-state index in [1.807, 2.05) is 19.9 Å². The van der Waals surface area contributed by atoms with Crippen LogP contribution in [0.15, 0.2) is 46.8 Å². The van der Waals surface area contributed by atoms with Crippen molar-refractivity contribution in [2.75, 3.05) is 22.7 Å². The third-order valence-electron chi connectivity index (χ3n) is 5.13. The molecule has 1 aromatic heterocycles. The van der Waals surface area contributed by atoms with Gasteiger partial charge in [-0.3, -0.25) is 28.9 Å². The summed E-state index contributed by atoms with van der Waals surface area (Å²) in [7, 11) is -4.02. The summed E-state index contributed by atoms with van der Waals surface area (Å²) in [4.78, 5) is 38.2. The van der Waals surface area contributed by atoms with Crippen molar-refractivity contribution in [3.8, 4) is 0 Å². The first kappa shape index (κ1) is 23.5. The van der Waals surface area contributed by atoms with Crippen LogP contribution in [0, 0.1) is 13.8 Å². The minimum atomic E-state index is -4.02. The predicted octanol–water partition coefficient (Wildman–Crippen LogP) is 2.60. The van der Waals surface area contributed by atoms with E-state index in [-0.39, 0.29) is 27.1 Å². The summed E-state index contributed by atoms with van der Waals surface area (Å²) in [6.45, 7) is 5.11. The molecule has 12 heteroatoms. The van der Waals surface area contributed by atoms with E-state index in [2.05, 4.69) is 15.5 Å². The molecule has 0 bridgehead atoms. The molecule has 0 unspecified atom stereocenters. The van der Waals surface area contributed by atoms with Crippen LogP contribution in [0.2, 0.25) is 0 Å². The van der Waals surface area contributed by atoms with Gasteiger partial charge in [-0.15, -0.1) is 10.2 Å². The number of aromatic nitrogens is 2. The molecule has 10 nitrogen and oxygen atoms in total. The highest BCUT2D eigenvalue weighted by molar-refractivity contribution is 7.94. The fourth-order valence-electron chi connectivity index (χ4n) is 3.73. The van der Waals surface area contributed by atoms with Crippen LogP contribution < -0.4 is 9.62 Å². The number of amides is 3. The molecule has 2 aromatic carbocycles. The second kappa shape index (κ2) is 8.95. The van der Waals surface area contributed by atoms with E-state index in [4.69, 9.17) is 0 Å². The number of anilines is 2. The van der Waals surface area contributed by atoms with Crippen molar-refractivity contribution in [3.63, 3.8) is 0 Å². The molecule has 0 radical (unpaired) electrons. The molecule has 176 valence electrons. The molecular formula is C22H21N5O5S2. The summed E-state index contributed by atoms with van der Waals surface area (Å²) in [5.41, 5.74) is 2.81. The Labute approximate surface area is 200 Å². The first-order valence-corrected chi connectivity index (χ1v) is 12.6. The van der Waals surface area contributed by atoms with Crippen molar-refractivity contribution in [2.45, 2.75) is 25.1 Å². The lowest BCUT2D eigenvalue weighted by Crippen LogP contribution is -2.37. The lowest BCUT2D eigenvalue weighted by Gasteiger charge is -2.22. The van der Waals surface area contributed by atoms with Crippen molar-refractivity contribution in [1.82, 2.24) is 15.1 Å². The zero-order valence-corrected chi connectivity index (χ0v) is 20.2. The van der Waals surface area contributed by atoms with Crippen molar-refractivity contribution >= 4 is 49.9 Å². The molecule has 2 heterocycles. The van der Waals surface area contributed by atoms with Crippen LogP contribution in [0.3, 0.4) is 0 Å². The lowest BCUT2D eigenvalue weighted by atomic mass is 10.1. The summed E-state index contributed by atoms with van der Waals surface area (Å²) in [5, 5.41) is 9.88. The van der Waals surface area contributed by atoms with E-state index in [9.17, 15) is 22.8 Å². The topological polar surface area (TPSA) is 130 Å². The molecule has 3 aromatic rings. The average molecular weight is 500 g/mol. The number of hydrogen-bond acceptors (Lipinski definition) is 8. The zero-order valence-electron chi connectivity index (χ0n) is 18.6. The Morgan fingerprint density at radius 1 is 1.03 bits per heavy atom. The number of sulfonamides is 1. The van der Waals surface area contributed by atoms with Gasteiger partial charge in [0.05, 0.1) is 16.8 Å². The summed E-state index contributed by atoms with van der Waals surface area (Å²) in [6.07, 6.45) is 0. The third-order valence-corrected chi connectivity index (χ3v) is 8.21. The van der Waals surface area contributed by atoms with Gasteiger partial charge >= 0.3 is 0 Å². The maximum Gasteiger partial charge on any atom is 0.293 e. The highest BCUT2D eigenvalue weighted by Crippen LogP contribution is 2.29. The molecular weight excluding hydrogens is 478 g/mol. The standard InChI is InChI=1S/C22H21N5O5S2/c1-4-27(15-10-13(2)9-14(3)11-15)34(31,32)22-25-24-21(33-22)23-18(28)12-26-19(29)16-7-5-6-8-17(16)20(26)30/h5-11H,4,12H2,1-3H3,(H,23,24,28). The average Bonchev–Trinajstić information content (AvgIpc) is 3.33. The van der Waals surface area contributed by atoms with Gasteiger partial charge in [0.2, 0.25) is 11.0 Å². The normalized spacial score (nSPS) is 13.2. The quantitative estimate of drug-likeness (QED) is 0.391. The number of carbonyl (C=O) groups is 3. The molecule has 0 aliphatic carbocycles. The van der Waals surface area contributed by atoms with E-state index in [1.54, 1.807) is 31.2 Å². The highest BCUT2D eigenvalue weighted by atomic mass is 32.2. The highest BCUT2D eigenvalue weighted by Gasteiger charge is 2.36. The second-order valence-electron chi connectivity index (χ2n) is 7.68. The molecule has 3 amide bonds. The van der Waals surface area contributed by atoms with Gasteiger partial charge in [0.25, 0.3) is 26.2 Å². The zero-order chi connectivity index (χ0) is 24.6. The Bertz CT molecular complexity index is 1360. The Balaban J connectivity index is 1.49. The molecule has 34 heavy (non-hydrogen) atoms. The number of benzene rings is 2. The van der Waals surface area contributed by atoms with Gasteiger partial charge in [0.1, 0.15) is 6.54 Å². The number of imide groups is 1. The van der Waals surface area contributed by atoms with E-state index < -0.39 is 34.3 Å². The number of nitrogens with zero attached hydrogens (tertiary/aromatic N) is 4. The minimum Gasteiger partial charge on any atom is -0.299 e. The smallest absolute Gasteiger partial charge is 0.293 e. The van der Waals surface area contributed by atoms with Crippen LogP contribution in [0.4, 0.5) is 10.8 Å². The molecule has 0 fully saturated rings. The maximum absolute atomic E-state index is 13.2. The molecule has 0 atom stereocenters. The fourth-order valence-corrected chi connectivity index (χ4v) is 6.21. The minimum absolute atomic E-state index is 0.0586. The maximum atomic E-state index is 13.2. The SMILES string of the molecule is CCN(c1cc(C)cc(C)c1)S(=O)(=O)c1nnc(NC(=O)CN2C(=O)c3ccccc3C2=O)s1. The summed E-state index contributed by atoms with van der Waals surface area (Å²) in [6, 6.07) is 11.8. The molecule has 0 saturated carbocycles. The van der Waals surface area contributed by atoms with Gasteiger partial charge < -0.3 is 0 Å². The van der Waals surface area contributed by atoms with E-state index in [0.717, 1.165) is 16.0 Å².